The van der Waals surface area contributed by atoms with Gasteiger partial charge in [0.15, 0.2) is 0 Å². The molecule has 0 aliphatic carbocycles. The predicted molar refractivity (Wildman–Crippen MR) is 110 cm³/mol. The number of halogens is 1. The Hall–Kier alpha value is -1.49. The summed E-state index contributed by atoms with van der Waals surface area (Å²) in [5.74, 6) is 0.979. The van der Waals surface area contributed by atoms with Crippen LogP contribution in [0.4, 0.5) is 5.69 Å². The maximum absolute atomic E-state index is 12.2. The number of rotatable bonds is 7. The number of benzene rings is 2. The van der Waals surface area contributed by atoms with Gasteiger partial charge in [0.2, 0.25) is 5.91 Å². The lowest BCUT2D eigenvalue weighted by atomic mass is 10.1. The van der Waals surface area contributed by atoms with Gasteiger partial charge in [0.1, 0.15) is 0 Å². The maximum atomic E-state index is 12.2. The van der Waals surface area contributed by atoms with E-state index in [2.05, 4.69) is 17.4 Å². The summed E-state index contributed by atoms with van der Waals surface area (Å²) >= 11 is 8.13. The number of hydrogen-bond acceptors (Lipinski definition) is 3. The van der Waals surface area contributed by atoms with Crippen LogP contribution < -0.4 is 5.32 Å². The normalized spacial score (nSPS) is 15.0. The zero-order chi connectivity index (χ0) is 18.2. The summed E-state index contributed by atoms with van der Waals surface area (Å²) < 4.78 is 5.41. The summed E-state index contributed by atoms with van der Waals surface area (Å²) in [4.78, 5) is 12.2. The van der Waals surface area contributed by atoms with E-state index in [0.29, 0.717) is 23.1 Å². The largest absolute Gasteiger partial charge is 0.381 e. The van der Waals surface area contributed by atoms with Gasteiger partial charge >= 0.3 is 0 Å². The number of anilines is 1. The lowest BCUT2D eigenvalue weighted by molar-refractivity contribution is -0.116. The molecular weight excluding hydrogens is 366 g/mol. The molecule has 1 heterocycles. The molecule has 1 saturated heterocycles. The third kappa shape index (κ3) is 6.04. The van der Waals surface area contributed by atoms with Crippen LogP contribution in [0.15, 0.2) is 48.5 Å². The minimum atomic E-state index is 0.0131. The van der Waals surface area contributed by atoms with Crippen molar-refractivity contribution in [1.82, 2.24) is 0 Å². The SMILES string of the molecule is O=C(CCc1ccccc1Cl)Nc1cccc(CSC2CCOCC2)c1. The molecule has 2 aromatic carbocycles. The van der Waals surface area contributed by atoms with Crippen LogP contribution in [0.1, 0.15) is 30.4 Å². The second-order valence-electron chi connectivity index (χ2n) is 6.46. The molecule has 3 nitrogen and oxygen atoms in total. The summed E-state index contributed by atoms with van der Waals surface area (Å²) in [6.07, 6.45) is 3.32. The van der Waals surface area contributed by atoms with Gasteiger partial charge in [0.25, 0.3) is 0 Å². The summed E-state index contributed by atoms with van der Waals surface area (Å²) in [5, 5.41) is 4.39. The molecule has 1 aliphatic rings. The van der Waals surface area contributed by atoms with Crippen LogP contribution in [-0.4, -0.2) is 24.4 Å². The van der Waals surface area contributed by atoms with Crippen LogP contribution in [0, 0.1) is 0 Å². The van der Waals surface area contributed by atoms with Gasteiger partial charge in [-0.2, -0.15) is 11.8 Å². The van der Waals surface area contributed by atoms with Gasteiger partial charge in [-0.05, 0) is 48.6 Å². The van der Waals surface area contributed by atoms with Crippen LogP contribution in [-0.2, 0) is 21.7 Å². The average Bonchev–Trinajstić information content (AvgIpc) is 2.67. The highest BCUT2D eigenvalue weighted by Crippen LogP contribution is 2.26. The first-order chi connectivity index (χ1) is 12.7. The Bertz CT molecular complexity index is 731. The van der Waals surface area contributed by atoms with Gasteiger partial charge in [-0.15, -0.1) is 0 Å². The zero-order valence-electron chi connectivity index (χ0n) is 14.7. The third-order valence-corrected chi connectivity index (χ3v) is 6.26. The predicted octanol–water partition coefficient (Wildman–Crippen LogP) is 5.32. The first-order valence-corrected chi connectivity index (χ1v) is 10.4. The van der Waals surface area contributed by atoms with E-state index in [0.717, 1.165) is 43.1 Å². The molecule has 3 rings (SSSR count). The van der Waals surface area contributed by atoms with Crippen LogP contribution in [0.25, 0.3) is 0 Å². The number of carbonyl (C=O) groups is 1. The summed E-state index contributed by atoms with van der Waals surface area (Å²) in [5.41, 5.74) is 3.11. The molecule has 0 saturated carbocycles. The Morgan fingerprint density at radius 1 is 1.15 bits per heavy atom. The monoisotopic (exact) mass is 389 g/mol. The maximum Gasteiger partial charge on any atom is 0.224 e. The number of hydrogen-bond donors (Lipinski definition) is 1. The van der Waals surface area contributed by atoms with Crippen LogP contribution >= 0.6 is 23.4 Å². The third-order valence-electron chi connectivity index (χ3n) is 4.44. The van der Waals surface area contributed by atoms with Gasteiger partial charge in [-0.3, -0.25) is 4.79 Å². The molecule has 1 amide bonds. The molecule has 0 unspecified atom stereocenters. The molecule has 1 fully saturated rings. The summed E-state index contributed by atoms with van der Waals surface area (Å²) in [6.45, 7) is 1.75. The Morgan fingerprint density at radius 2 is 1.96 bits per heavy atom. The number of ether oxygens (including phenoxy) is 1. The quantitative estimate of drug-likeness (QED) is 0.696. The number of amides is 1. The number of nitrogens with one attached hydrogen (secondary N) is 1. The smallest absolute Gasteiger partial charge is 0.224 e. The lowest BCUT2D eigenvalue weighted by Crippen LogP contribution is -2.17. The second-order valence-corrected chi connectivity index (χ2v) is 8.16. The van der Waals surface area contributed by atoms with E-state index in [1.165, 1.54) is 5.56 Å². The van der Waals surface area contributed by atoms with Crippen LogP contribution in [0.3, 0.4) is 0 Å². The topological polar surface area (TPSA) is 38.3 Å². The highest BCUT2D eigenvalue weighted by molar-refractivity contribution is 7.99. The van der Waals surface area contributed by atoms with Crippen molar-refractivity contribution in [3.05, 3.63) is 64.7 Å². The van der Waals surface area contributed by atoms with E-state index in [1.54, 1.807) is 0 Å². The highest BCUT2D eigenvalue weighted by atomic mass is 35.5. The molecule has 0 bridgehead atoms. The van der Waals surface area contributed by atoms with Crippen molar-refractivity contribution < 1.29 is 9.53 Å². The second kappa shape index (κ2) is 10.0. The first kappa shape index (κ1) is 19.3. The van der Waals surface area contributed by atoms with Crippen molar-refractivity contribution in [2.45, 2.75) is 36.7 Å². The molecule has 0 aromatic heterocycles. The standard InChI is InChI=1S/C21H24ClNO2S/c22-20-7-2-1-5-17(20)8-9-21(24)23-18-6-3-4-16(14-18)15-26-19-10-12-25-13-11-19/h1-7,14,19H,8-13,15H2,(H,23,24). The minimum absolute atomic E-state index is 0.0131. The zero-order valence-corrected chi connectivity index (χ0v) is 16.3. The van der Waals surface area contributed by atoms with Crippen LogP contribution in [0.5, 0.6) is 0 Å². The average molecular weight is 390 g/mol. The molecule has 0 atom stereocenters. The van der Waals surface area contributed by atoms with E-state index in [1.807, 2.05) is 48.2 Å². The van der Waals surface area contributed by atoms with E-state index in [9.17, 15) is 4.79 Å². The van der Waals surface area contributed by atoms with Crippen molar-refractivity contribution in [2.24, 2.45) is 0 Å². The molecule has 1 N–H and O–H groups in total. The van der Waals surface area contributed by atoms with Crippen molar-refractivity contribution >= 4 is 35.0 Å². The van der Waals surface area contributed by atoms with Crippen molar-refractivity contribution in [3.63, 3.8) is 0 Å². The number of carbonyl (C=O) groups excluding carboxylic acids is 1. The van der Waals surface area contributed by atoms with Gasteiger partial charge in [0.05, 0.1) is 0 Å². The van der Waals surface area contributed by atoms with Gasteiger partial charge in [0, 0.05) is 41.3 Å². The molecule has 26 heavy (non-hydrogen) atoms. The molecule has 1 aliphatic heterocycles. The van der Waals surface area contributed by atoms with Crippen molar-refractivity contribution in [3.8, 4) is 0 Å². The van der Waals surface area contributed by atoms with E-state index < -0.39 is 0 Å². The van der Waals surface area contributed by atoms with Gasteiger partial charge < -0.3 is 10.1 Å². The molecule has 5 heteroatoms. The fraction of sp³-hybridized carbons (Fsp3) is 0.381. The summed E-state index contributed by atoms with van der Waals surface area (Å²) in [6, 6.07) is 15.8. The van der Waals surface area contributed by atoms with E-state index in [-0.39, 0.29) is 5.91 Å². The molecule has 0 radical (unpaired) electrons. The number of aryl methyl sites for hydroxylation is 1. The fourth-order valence-electron chi connectivity index (χ4n) is 2.97. The fourth-order valence-corrected chi connectivity index (χ4v) is 4.33. The Kier molecular flexibility index (Phi) is 7.42. The molecule has 138 valence electrons. The van der Waals surface area contributed by atoms with E-state index >= 15 is 0 Å². The van der Waals surface area contributed by atoms with Crippen molar-refractivity contribution in [2.75, 3.05) is 18.5 Å². The first-order valence-electron chi connectivity index (χ1n) is 9.02. The summed E-state index contributed by atoms with van der Waals surface area (Å²) in [7, 11) is 0. The van der Waals surface area contributed by atoms with E-state index in [4.69, 9.17) is 16.3 Å². The molecule has 0 spiro atoms. The van der Waals surface area contributed by atoms with Crippen LogP contribution in [0.2, 0.25) is 5.02 Å². The Labute approximate surface area is 164 Å². The lowest BCUT2D eigenvalue weighted by Gasteiger charge is -2.21. The Balaban J connectivity index is 1.48. The van der Waals surface area contributed by atoms with Gasteiger partial charge in [-0.1, -0.05) is 41.9 Å². The Morgan fingerprint density at radius 3 is 2.77 bits per heavy atom. The van der Waals surface area contributed by atoms with Gasteiger partial charge in [-0.25, -0.2) is 0 Å². The molecule has 2 aromatic rings. The molecular formula is C21H24ClNO2S. The number of thioether (sulfide) groups is 1. The highest BCUT2D eigenvalue weighted by Gasteiger charge is 2.14. The van der Waals surface area contributed by atoms with Crippen molar-refractivity contribution in [1.29, 1.82) is 0 Å². The minimum Gasteiger partial charge on any atom is -0.381 e.